The van der Waals surface area contributed by atoms with Gasteiger partial charge in [0.15, 0.2) is 6.29 Å². The van der Waals surface area contributed by atoms with Gasteiger partial charge in [-0.1, -0.05) is 6.07 Å². The lowest BCUT2D eigenvalue weighted by molar-refractivity contribution is -0.0973. The molecule has 0 saturated heterocycles. The summed E-state index contributed by atoms with van der Waals surface area (Å²) in [6.45, 7) is 6.28. The Hall–Kier alpha value is -2.62. The molecule has 1 unspecified atom stereocenters. The topological polar surface area (TPSA) is 102 Å². The second-order valence-electron chi connectivity index (χ2n) is 6.19. The molecule has 0 aliphatic rings. The van der Waals surface area contributed by atoms with Crippen molar-refractivity contribution in [2.75, 3.05) is 13.2 Å². The number of carbonyl (C=O) groups excluding carboxylic acids is 1. The highest BCUT2D eigenvalue weighted by Crippen LogP contribution is 2.26. The standard InChI is InChI=1S/C19H23N5O3S/c1-4-27-16(25)7-8-20-18(26)14-11-22-24(13(14)3)19-21-10-12(2)17(23-19)15-6-5-9-28-15/h5-6,9-11,16,25H,4,7-8H2,1-3H3,(H,20,26). The fourth-order valence-electron chi connectivity index (χ4n) is 2.71. The molecule has 3 aromatic heterocycles. The number of nitrogens with one attached hydrogen (secondary N) is 1. The van der Waals surface area contributed by atoms with E-state index in [2.05, 4.69) is 20.4 Å². The predicted molar refractivity (Wildman–Crippen MR) is 107 cm³/mol. The van der Waals surface area contributed by atoms with Crippen LogP contribution in [0.3, 0.4) is 0 Å². The van der Waals surface area contributed by atoms with Crippen LogP contribution >= 0.6 is 11.3 Å². The average Bonchev–Trinajstić information content (AvgIpc) is 3.32. The zero-order chi connectivity index (χ0) is 20.1. The van der Waals surface area contributed by atoms with E-state index < -0.39 is 6.29 Å². The molecule has 2 N–H and O–H groups in total. The molecule has 148 valence electrons. The second-order valence-corrected chi connectivity index (χ2v) is 7.14. The molecule has 1 amide bonds. The summed E-state index contributed by atoms with van der Waals surface area (Å²) in [6, 6.07) is 3.99. The lowest BCUT2D eigenvalue weighted by Crippen LogP contribution is -2.28. The van der Waals surface area contributed by atoms with E-state index in [0.717, 1.165) is 16.1 Å². The molecule has 9 heteroatoms. The summed E-state index contributed by atoms with van der Waals surface area (Å²) < 4.78 is 6.59. The fourth-order valence-corrected chi connectivity index (χ4v) is 3.49. The van der Waals surface area contributed by atoms with Crippen molar-refractivity contribution in [1.29, 1.82) is 0 Å². The quantitative estimate of drug-likeness (QED) is 0.562. The lowest BCUT2D eigenvalue weighted by Gasteiger charge is -2.11. The van der Waals surface area contributed by atoms with E-state index in [-0.39, 0.29) is 5.91 Å². The normalized spacial score (nSPS) is 12.1. The minimum absolute atomic E-state index is 0.266. The molecule has 28 heavy (non-hydrogen) atoms. The van der Waals surface area contributed by atoms with Crippen molar-refractivity contribution in [3.8, 4) is 16.5 Å². The maximum Gasteiger partial charge on any atom is 0.254 e. The van der Waals surface area contributed by atoms with E-state index in [1.807, 2.05) is 24.4 Å². The Morgan fingerprint density at radius 2 is 2.21 bits per heavy atom. The van der Waals surface area contributed by atoms with E-state index >= 15 is 0 Å². The van der Waals surface area contributed by atoms with Crippen LogP contribution in [0.5, 0.6) is 0 Å². The summed E-state index contributed by atoms with van der Waals surface area (Å²) in [7, 11) is 0. The summed E-state index contributed by atoms with van der Waals surface area (Å²) in [6.07, 6.45) is 2.69. The average molecular weight is 401 g/mol. The highest BCUT2D eigenvalue weighted by molar-refractivity contribution is 7.13. The van der Waals surface area contributed by atoms with Gasteiger partial charge in [0.25, 0.3) is 11.9 Å². The van der Waals surface area contributed by atoms with E-state index in [1.165, 1.54) is 6.20 Å². The van der Waals surface area contributed by atoms with E-state index in [4.69, 9.17) is 4.74 Å². The largest absolute Gasteiger partial charge is 0.368 e. The first-order valence-corrected chi connectivity index (χ1v) is 9.89. The number of hydrogen-bond donors (Lipinski definition) is 2. The van der Waals surface area contributed by atoms with Crippen molar-refractivity contribution in [2.45, 2.75) is 33.5 Å². The van der Waals surface area contributed by atoms with Gasteiger partial charge in [-0.3, -0.25) is 4.79 Å². The number of thiophene rings is 1. The Morgan fingerprint density at radius 3 is 2.93 bits per heavy atom. The number of aryl methyl sites for hydroxylation is 1. The van der Waals surface area contributed by atoms with Crippen molar-refractivity contribution in [2.24, 2.45) is 0 Å². The van der Waals surface area contributed by atoms with E-state index in [9.17, 15) is 9.90 Å². The van der Waals surface area contributed by atoms with Gasteiger partial charge in [-0.2, -0.15) is 5.10 Å². The van der Waals surface area contributed by atoms with Crippen LogP contribution in [0, 0.1) is 13.8 Å². The number of rotatable bonds is 8. The van der Waals surface area contributed by atoms with Gasteiger partial charge in [-0.25, -0.2) is 14.6 Å². The number of aliphatic hydroxyl groups is 1. The maximum atomic E-state index is 12.4. The molecule has 0 aromatic carbocycles. The molecule has 3 rings (SSSR count). The molecule has 0 saturated carbocycles. The molecular formula is C19H23N5O3S. The summed E-state index contributed by atoms with van der Waals surface area (Å²) in [4.78, 5) is 22.5. The van der Waals surface area contributed by atoms with Crippen LogP contribution < -0.4 is 5.32 Å². The van der Waals surface area contributed by atoms with Crippen molar-refractivity contribution in [3.05, 3.63) is 46.7 Å². The zero-order valence-corrected chi connectivity index (χ0v) is 16.9. The molecule has 3 heterocycles. The van der Waals surface area contributed by atoms with Gasteiger partial charge < -0.3 is 15.2 Å². The number of hydrogen-bond acceptors (Lipinski definition) is 7. The highest BCUT2D eigenvalue weighted by atomic mass is 32.1. The van der Waals surface area contributed by atoms with Gasteiger partial charge in [-0.05, 0) is 37.8 Å². The van der Waals surface area contributed by atoms with Gasteiger partial charge in [-0.15, -0.1) is 11.3 Å². The monoisotopic (exact) mass is 401 g/mol. The van der Waals surface area contributed by atoms with Crippen LogP contribution in [0.4, 0.5) is 0 Å². The number of ether oxygens (including phenoxy) is 1. The molecule has 0 radical (unpaired) electrons. The first-order valence-electron chi connectivity index (χ1n) is 9.01. The molecular weight excluding hydrogens is 378 g/mol. The Morgan fingerprint density at radius 1 is 1.39 bits per heavy atom. The van der Waals surface area contributed by atoms with Crippen LogP contribution in [0.1, 0.15) is 35.0 Å². The molecule has 0 bridgehead atoms. The lowest BCUT2D eigenvalue weighted by atomic mass is 10.2. The Bertz CT molecular complexity index is 939. The van der Waals surface area contributed by atoms with Crippen LogP contribution in [0.2, 0.25) is 0 Å². The molecule has 0 fully saturated rings. The van der Waals surface area contributed by atoms with Gasteiger partial charge in [0.2, 0.25) is 0 Å². The summed E-state index contributed by atoms with van der Waals surface area (Å²) >= 11 is 1.61. The molecule has 3 aromatic rings. The summed E-state index contributed by atoms with van der Waals surface area (Å²) in [5.74, 6) is 0.148. The molecule has 8 nitrogen and oxygen atoms in total. The summed E-state index contributed by atoms with van der Waals surface area (Å²) in [5.41, 5.74) is 2.91. The van der Waals surface area contributed by atoms with Gasteiger partial charge in [0, 0.05) is 25.8 Å². The number of aliphatic hydroxyl groups excluding tert-OH is 1. The number of aromatic nitrogens is 4. The van der Waals surface area contributed by atoms with Gasteiger partial charge in [0.1, 0.15) is 0 Å². The zero-order valence-electron chi connectivity index (χ0n) is 16.0. The third-order valence-corrected chi connectivity index (χ3v) is 5.07. The Balaban J connectivity index is 1.76. The molecule has 0 aliphatic carbocycles. The SMILES string of the molecule is CCOC(O)CCNC(=O)c1cnn(-c2ncc(C)c(-c3cccs3)n2)c1C. The summed E-state index contributed by atoms with van der Waals surface area (Å²) in [5, 5.41) is 18.6. The van der Waals surface area contributed by atoms with Crippen LogP contribution in [-0.4, -0.2) is 50.2 Å². The van der Waals surface area contributed by atoms with Gasteiger partial charge >= 0.3 is 0 Å². The Kier molecular flexibility index (Phi) is 6.50. The smallest absolute Gasteiger partial charge is 0.254 e. The van der Waals surface area contributed by atoms with Gasteiger partial charge in [0.05, 0.1) is 28.0 Å². The van der Waals surface area contributed by atoms with E-state index in [1.54, 1.807) is 36.1 Å². The predicted octanol–water partition coefficient (Wildman–Crippen LogP) is 2.48. The van der Waals surface area contributed by atoms with Crippen molar-refractivity contribution >= 4 is 17.2 Å². The van der Waals surface area contributed by atoms with Crippen molar-refractivity contribution in [3.63, 3.8) is 0 Å². The number of nitrogens with zero attached hydrogens (tertiary/aromatic N) is 4. The Labute approximate surface area is 167 Å². The highest BCUT2D eigenvalue weighted by Gasteiger charge is 2.18. The minimum Gasteiger partial charge on any atom is -0.368 e. The second kappa shape index (κ2) is 9.05. The molecule has 0 aliphatic heterocycles. The third kappa shape index (κ3) is 4.44. The van der Waals surface area contributed by atoms with Crippen LogP contribution in [0.15, 0.2) is 29.9 Å². The first kappa shape index (κ1) is 20.1. The van der Waals surface area contributed by atoms with Crippen molar-refractivity contribution < 1.29 is 14.6 Å². The van der Waals surface area contributed by atoms with E-state index in [0.29, 0.717) is 36.8 Å². The van der Waals surface area contributed by atoms with Crippen LogP contribution in [-0.2, 0) is 4.74 Å². The fraction of sp³-hybridized carbons (Fsp3) is 0.368. The van der Waals surface area contributed by atoms with Crippen molar-refractivity contribution in [1.82, 2.24) is 25.1 Å². The molecule has 0 spiro atoms. The first-order chi connectivity index (χ1) is 13.5. The third-order valence-electron chi connectivity index (χ3n) is 4.19. The van der Waals surface area contributed by atoms with Crippen LogP contribution in [0.25, 0.3) is 16.5 Å². The number of amides is 1. The minimum atomic E-state index is -0.884. The maximum absolute atomic E-state index is 12.4. The number of carbonyl (C=O) groups is 1. The molecule has 1 atom stereocenters.